The summed E-state index contributed by atoms with van der Waals surface area (Å²) >= 11 is 1.88. The average Bonchev–Trinajstić information content (AvgIpc) is 3.69. The summed E-state index contributed by atoms with van der Waals surface area (Å²) in [6.45, 7) is 0. The van der Waals surface area contributed by atoms with Crippen molar-refractivity contribution < 1.29 is 0 Å². The molecule has 0 bridgehead atoms. The van der Waals surface area contributed by atoms with Crippen molar-refractivity contribution in [3.8, 4) is 17.1 Å². The number of rotatable bonds is 2. The monoisotopic (exact) mass is 627 g/mol. The summed E-state index contributed by atoms with van der Waals surface area (Å²) < 4.78 is 4.96. The highest BCUT2D eigenvalue weighted by Crippen LogP contribution is 2.49. The number of thiophene rings is 1. The third-order valence-electron chi connectivity index (χ3n) is 9.90. The minimum atomic E-state index is 0.842. The van der Waals surface area contributed by atoms with Crippen LogP contribution in [0.4, 0.5) is 0 Å². The van der Waals surface area contributed by atoms with Crippen molar-refractivity contribution in [1.29, 1.82) is 0 Å². The fourth-order valence-electron chi connectivity index (χ4n) is 7.76. The van der Waals surface area contributed by atoms with Gasteiger partial charge in [-0.1, -0.05) is 115 Å². The van der Waals surface area contributed by atoms with Crippen molar-refractivity contribution in [2.75, 3.05) is 0 Å². The molecular weight excluding hydrogens is 603 g/mol. The van der Waals surface area contributed by atoms with Gasteiger partial charge in [0.15, 0.2) is 5.82 Å². The Morgan fingerprint density at radius 1 is 0.458 bits per heavy atom. The molecule has 0 spiro atoms. The molecule has 222 valence electrons. The predicted molar refractivity (Wildman–Crippen MR) is 205 cm³/mol. The normalized spacial score (nSPS) is 12.2. The molecule has 3 nitrogen and oxygen atoms in total. The van der Waals surface area contributed by atoms with Gasteiger partial charge in [-0.2, -0.15) is 0 Å². The number of benzene rings is 8. The van der Waals surface area contributed by atoms with E-state index in [0.717, 1.165) is 33.6 Å². The molecule has 0 aliphatic carbocycles. The first-order valence-corrected chi connectivity index (χ1v) is 17.1. The van der Waals surface area contributed by atoms with E-state index in [1.165, 1.54) is 68.8 Å². The Bertz CT molecular complexity index is 3130. The number of aromatic nitrogens is 3. The highest BCUT2D eigenvalue weighted by atomic mass is 32.1. The molecule has 0 saturated heterocycles. The van der Waals surface area contributed by atoms with Crippen LogP contribution in [0, 0.1) is 0 Å². The summed E-state index contributed by atoms with van der Waals surface area (Å²) in [7, 11) is 0. The maximum atomic E-state index is 5.46. The van der Waals surface area contributed by atoms with Crippen molar-refractivity contribution in [1.82, 2.24) is 14.5 Å². The summed E-state index contributed by atoms with van der Waals surface area (Å²) in [6.07, 6.45) is 0. The van der Waals surface area contributed by atoms with Crippen LogP contribution in [0.1, 0.15) is 0 Å². The Labute approximate surface area is 278 Å². The van der Waals surface area contributed by atoms with Gasteiger partial charge in [0, 0.05) is 31.8 Å². The summed E-state index contributed by atoms with van der Waals surface area (Å²) in [5.41, 5.74) is 5.99. The van der Waals surface area contributed by atoms with Crippen molar-refractivity contribution >= 4 is 96.7 Å². The van der Waals surface area contributed by atoms with Crippen LogP contribution < -0.4 is 0 Å². The third kappa shape index (κ3) is 3.58. The van der Waals surface area contributed by atoms with E-state index in [4.69, 9.17) is 9.97 Å². The molecule has 0 aliphatic heterocycles. The van der Waals surface area contributed by atoms with Crippen molar-refractivity contribution in [3.05, 3.63) is 152 Å². The number of nitrogens with zero attached hydrogens (tertiary/aromatic N) is 3. The molecule has 0 fully saturated rings. The molecule has 0 N–H and O–H groups in total. The first-order valence-electron chi connectivity index (χ1n) is 16.3. The lowest BCUT2D eigenvalue weighted by Crippen LogP contribution is -2.04. The fraction of sp³-hybridized carbons (Fsp3) is 0. The van der Waals surface area contributed by atoms with Crippen LogP contribution >= 0.6 is 11.3 Å². The zero-order valence-corrected chi connectivity index (χ0v) is 26.5. The van der Waals surface area contributed by atoms with Gasteiger partial charge in [0.2, 0.25) is 0 Å². The first-order chi connectivity index (χ1) is 23.8. The van der Waals surface area contributed by atoms with Gasteiger partial charge < -0.3 is 0 Å². The van der Waals surface area contributed by atoms with E-state index in [0.29, 0.717) is 0 Å². The quantitative estimate of drug-likeness (QED) is 0.191. The smallest absolute Gasteiger partial charge is 0.165 e. The summed E-state index contributed by atoms with van der Waals surface area (Å²) in [6, 6.07) is 54.5. The lowest BCUT2D eigenvalue weighted by atomic mass is 9.98. The number of para-hydroxylation sites is 3. The van der Waals surface area contributed by atoms with Crippen molar-refractivity contribution in [2.45, 2.75) is 0 Å². The lowest BCUT2D eigenvalue weighted by Gasteiger charge is -2.15. The van der Waals surface area contributed by atoms with Crippen LogP contribution in [0.2, 0.25) is 0 Å². The molecule has 0 atom stereocenters. The van der Waals surface area contributed by atoms with Gasteiger partial charge in [-0.25, -0.2) is 9.97 Å². The minimum absolute atomic E-state index is 0.842. The average molecular weight is 628 g/mol. The van der Waals surface area contributed by atoms with E-state index in [2.05, 4.69) is 144 Å². The summed E-state index contributed by atoms with van der Waals surface area (Å²) in [5.74, 6) is 0.842. The van der Waals surface area contributed by atoms with Gasteiger partial charge in [0.25, 0.3) is 0 Å². The van der Waals surface area contributed by atoms with Gasteiger partial charge >= 0.3 is 0 Å². The van der Waals surface area contributed by atoms with E-state index in [1.54, 1.807) is 0 Å². The Kier molecular flexibility index (Phi) is 5.26. The zero-order chi connectivity index (χ0) is 31.3. The molecule has 48 heavy (non-hydrogen) atoms. The topological polar surface area (TPSA) is 30.7 Å². The summed E-state index contributed by atoms with van der Waals surface area (Å²) in [4.78, 5) is 10.8. The number of hydrogen-bond acceptors (Lipinski definition) is 3. The minimum Gasteiger partial charge on any atom is -0.290 e. The van der Waals surface area contributed by atoms with E-state index in [1.807, 2.05) is 23.5 Å². The first kappa shape index (κ1) is 26.0. The molecule has 11 rings (SSSR count). The van der Waals surface area contributed by atoms with Gasteiger partial charge in [-0.15, -0.1) is 11.3 Å². The van der Waals surface area contributed by atoms with Crippen molar-refractivity contribution in [2.24, 2.45) is 0 Å². The van der Waals surface area contributed by atoms with E-state index in [-0.39, 0.29) is 0 Å². The van der Waals surface area contributed by atoms with Crippen LogP contribution in [0.25, 0.3) is 102 Å². The van der Waals surface area contributed by atoms with Gasteiger partial charge in [-0.3, -0.25) is 4.57 Å². The fourth-order valence-corrected chi connectivity index (χ4v) is 9.05. The van der Waals surface area contributed by atoms with Crippen LogP contribution in [0.3, 0.4) is 0 Å². The van der Waals surface area contributed by atoms with Crippen LogP contribution in [-0.4, -0.2) is 14.5 Å². The second-order valence-corrected chi connectivity index (χ2v) is 13.6. The maximum Gasteiger partial charge on any atom is 0.165 e. The molecule has 0 radical (unpaired) electrons. The molecule has 0 amide bonds. The third-order valence-corrected chi connectivity index (χ3v) is 11.1. The second-order valence-electron chi connectivity index (χ2n) is 12.6. The number of fused-ring (bicyclic) bond motifs is 13. The lowest BCUT2D eigenvalue weighted by molar-refractivity contribution is 1.08. The largest absolute Gasteiger partial charge is 0.290 e. The molecule has 3 heterocycles. The molecule has 11 aromatic rings. The Morgan fingerprint density at radius 3 is 1.85 bits per heavy atom. The van der Waals surface area contributed by atoms with Crippen LogP contribution in [-0.2, 0) is 0 Å². The maximum absolute atomic E-state index is 5.46. The van der Waals surface area contributed by atoms with E-state index in [9.17, 15) is 0 Å². The second kappa shape index (κ2) is 9.71. The molecule has 0 unspecified atom stereocenters. The van der Waals surface area contributed by atoms with Crippen LogP contribution in [0.15, 0.2) is 152 Å². The Balaban J connectivity index is 1.37. The molecule has 0 aliphatic rings. The van der Waals surface area contributed by atoms with Crippen LogP contribution in [0.5, 0.6) is 0 Å². The van der Waals surface area contributed by atoms with Crippen molar-refractivity contribution in [3.63, 3.8) is 0 Å². The summed E-state index contributed by atoms with van der Waals surface area (Å²) in [5, 5.41) is 12.5. The zero-order valence-electron chi connectivity index (χ0n) is 25.7. The highest BCUT2D eigenvalue weighted by molar-refractivity contribution is 7.27. The van der Waals surface area contributed by atoms with E-state index < -0.39 is 0 Å². The number of hydrogen-bond donors (Lipinski definition) is 0. The standard InChI is InChI=1S/C44H25N3S/c1-2-12-27-23-30(22-21-26(27)11-1)41-44(46-36-19-9-8-18-35(36)45-41)47-37-20-10-7-17-33(37)39-31-15-5-6-16-32(31)40-34-24-28-13-3-4-14-29(28)25-38(34)48-43(40)42(39)47/h1-25H. The van der Waals surface area contributed by atoms with Gasteiger partial charge in [0.1, 0.15) is 5.69 Å². The predicted octanol–water partition coefficient (Wildman–Crippen LogP) is 12.2. The Hall–Kier alpha value is -6.10. The Morgan fingerprint density at radius 2 is 1.06 bits per heavy atom. The molecule has 3 aromatic heterocycles. The van der Waals surface area contributed by atoms with Gasteiger partial charge in [0.05, 0.1) is 26.8 Å². The molecular formula is C44H25N3S. The molecule has 8 aromatic carbocycles. The van der Waals surface area contributed by atoms with Gasteiger partial charge in [-0.05, 0) is 68.7 Å². The molecule has 0 saturated carbocycles. The SMILES string of the molecule is c1ccc2cc(-c3nc4ccccc4nc3-n3c4ccccc4c4c5ccccc5c5c6cc7ccccc7cc6sc5c43)ccc2c1. The molecule has 4 heteroatoms. The van der Waals surface area contributed by atoms with E-state index >= 15 is 0 Å². The highest BCUT2D eigenvalue weighted by Gasteiger charge is 2.25.